The van der Waals surface area contributed by atoms with Crippen molar-refractivity contribution in [3.63, 3.8) is 0 Å². The van der Waals surface area contributed by atoms with E-state index in [1.807, 2.05) is 50.2 Å². The Morgan fingerprint density at radius 2 is 1.89 bits per heavy atom. The van der Waals surface area contributed by atoms with Gasteiger partial charge in [0, 0.05) is 24.0 Å². The van der Waals surface area contributed by atoms with Crippen LogP contribution in [-0.2, 0) is 17.8 Å². The Bertz CT molecular complexity index is 857. The minimum Gasteiger partial charge on any atom is -0.335 e. The van der Waals surface area contributed by atoms with Gasteiger partial charge < -0.3 is 10.6 Å². The summed E-state index contributed by atoms with van der Waals surface area (Å²) in [6.45, 7) is 4.74. The Balaban J connectivity index is 1.80. The summed E-state index contributed by atoms with van der Waals surface area (Å²) < 4.78 is 0. The van der Waals surface area contributed by atoms with Crippen molar-refractivity contribution < 1.29 is 4.79 Å². The summed E-state index contributed by atoms with van der Waals surface area (Å²) in [5, 5.41) is 7.07. The highest BCUT2D eigenvalue weighted by Crippen LogP contribution is 2.20. The van der Waals surface area contributed by atoms with Gasteiger partial charge in [-0.1, -0.05) is 36.4 Å². The molecule has 3 aromatic rings. The molecule has 1 amide bonds. The molecular weight excluding hydrogens is 338 g/mol. The molecule has 0 aliphatic rings. The molecule has 27 heavy (non-hydrogen) atoms. The van der Waals surface area contributed by atoms with Crippen molar-refractivity contribution >= 4 is 5.91 Å². The molecule has 0 spiro atoms. The van der Waals surface area contributed by atoms with E-state index in [9.17, 15) is 4.79 Å². The van der Waals surface area contributed by atoms with Gasteiger partial charge in [-0.15, -0.1) is 0 Å². The predicted octanol–water partition coefficient (Wildman–Crippen LogP) is 2.69. The quantitative estimate of drug-likeness (QED) is 0.675. The Kier molecular flexibility index (Phi) is 5.98. The normalized spacial score (nSPS) is 12.0. The maximum atomic E-state index is 13.2. The summed E-state index contributed by atoms with van der Waals surface area (Å²) in [6, 6.07) is 15.1. The van der Waals surface area contributed by atoms with Crippen LogP contribution in [0.25, 0.3) is 0 Å². The van der Waals surface area contributed by atoms with E-state index >= 15 is 0 Å². The molecule has 3 rings (SSSR count). The number of hydrogen-bond acceptors (Lipinski definition) is 4. The number of carbonyl (C=O) groups is 1. The molecule has 2 aromatic heterocycles. The van der Waals surface area contributed by atoms with Gasteiger partial charge in [0.15, 0.2) is 0 Å². The Labute approximate surface area is 159 Å². The van der Waals surface area contributed by atoms with Gasteiger partial charge in [0.1, 0.15) is 6.04 Å². The van der Waals surface area contributed by atoms with Crippen LogP contribution in [0.15, 0.2) is 54.7 Å². The summed E-state index contributed by atoms with van der Waals surface area (Å²) >= 11 is 0. The average molecular weight is 363 g/mol. The third-order valence-electron chi connectivity index (χ3n) is 4.67. The summed E-state index contributed by atoms with van der Waals surface area (Å²) in [7, 11) is 0. The molecule has 1 unspecified atom stereocenters. The number of carbonyl (C=O) groups excluding carboxylic acids is 1. The molecule has 0 saturated heterocycles. The van der Waals surface area contributed by atoms with Crippen LogP contribution in [0.5, 0.6) is 0 Å². The van der Waals surface area contributed by atoms with E-state index in [0.717, 1.165) is 29.1 Å². The predicted molar refractivity (Wildman–Crippen MR) is 105 cm³/mol. The van der Waals surface area contributed by atoms with Crippen LogP contribution in [0.3, 0.4) is 0 Å². The first-order valence-electron chi connectivity index (χ1n) is 9.06. The van der Waals surface area contributed by atoms with Crippen molar-refractivity contribution in [2.45, 2.75) is 32.9 Å². The number of nitrogens with two attached hydrogens (primary N) is 1. The van der Waals surface area contributed by atoms with E-state index in [4.69, 9.17) is 5.73 Å². The first-order chi connectivity index (χ1) is 13.1. The zero-order valence-electron chi connectivity index (χ0n) is 15.7. The number of pyridine rings is 1. The van der Waals surface area contributed by atoms with E-state index in [-0.39, 0.29) is 5.91 Å². The van der Waals surface area contributed by atoms with Crippen molar-refractivity contribution in [2.75, 3.05) is 6.54 Å². The number of H-pyrrole nitrogens is 1. The third kappa shape index (κ3) is 4.60. The van der Waals surface area contributed by atoms with Gasteiger partial charge in [0.05, 0.1) is 17.9 Å². The molecule has 0 radical (unpaired) electrons. The fraction of sp³-hybridized carbons (Fsp3) is 0.286. The monoisotopic (exact) mass is 363 g/mol. The fourth-order valence-corrected chi connectivity index (χ4v) is 3.20. The molecule has 1 aromatic carbocycles. The van der Waals surface area contributed by atoms with Crippen LogP contribution in [-0.4, -0.2) is 32.5 Å². The van der Waals surface area contributed by atoms with Crippen molar-refractivity contribution in [1.82, 2.24) is 20.1 Å². The number of aromatic nitrogens is 3. The summed E-state index contributed by atoms with van der Waals surface area (Å²) in [6.07, 6.45) is 2.50. The van der Waals surface area contributed by atoms with Gasteiger partial charge in [0.25, 0.3) is 0 Å². The Morgan fingerprint density at radius 1 is 1.15 bits per heavy atom. The molecule has 0 saturated carbocycles. The molecule has 0 aliphatic heterocycles. The highest BCUT2D eigenvalue weighted by molar-refractivity contribution is 5.83. The Morgan fingerprint density at radius 3 is 2.52 bits per heavy atom. The van der Waals surface area contributed by atoms with Crippen LogP contribution in [0.4, 0.5) is 0 Å². The van der Waals surface area contributed by atoms with Crippen LogP contribution in [0, 0.1) is 13.8 Å². The number of aromatic amines is 1. The SMILES string of the molecule is Cc1n[nH]c(C)c1C(N)C(=O)N(CCc1ccccc1)Cc1ccccn1. The minimum atomic E-state index is -0.747. The molecule has 3 N–H and O–H groups in total. The summed E-state index contributed by atoms with van der Waals surface area (Å²) in [5.74, 6) is -0.121. The van der Waals surface area contributed by atoms with Gasteiger partial charge in [-0.2, -0.15) is 5.10 Å². The number of amides is 1. The van der Waals surface area contributed by atoms with Crippen LogP contribution < -0.4 is 5.73 Å². The van der Waals surface area contributed by atoms with E-state index in [0.29, 0.717) is 13.1 Å². The number of aryl methyl sites for hydroxylation is 2. The van der Waals surface area contributed by atoms with Crippen molar-refractivity contribution in [1.29, 1.82) is 0 Å². The van der Waals surface area contributed by atoms with Crippen molar-refractivity contribution in [3.05, 3.63) is 82.9 Å². The highest BCUT2D eigenvalue weighted by Gasteiger charge is 2.26. The third-order valence-corrected chi connectivity index (χ3v) is 4.67. The van der Waals surface area contributed by atoms with Crippen LogP contribution >= 0.6 is 0 Å². The van der Waals surface area contributed by atoms with Crippen molar-refractivity contribution in [2.24, 2.45) is 5.73 Å². The number of nitrogens with one attached hydrogen (secondary N) is 1. The largest absolute Gasteiger partial charge is 0.335 e. The second kappa shape index (κ2) is 8.60. The van der Waals surface area contributed by atoms with E-state index in [2.05, 4.69) is 27.3 Å². The van der Waals surface area contributed by atoms with Gasteiger partial charge in [-0.05, 0) is 38.0 Å². The fourth-order valence-electron chi connectivity index (χ4n) is 3.20. The number of hydrogen-bond donors (Lipinski definition) is 2. The molecule has 140 valence electrons. The second-order valence-corrected chi connectivity index (χ2v) is 6.64. The maximum Gasteiger partial charge on any atom is 0.244 e. The molecule has 6 nitrogen and oxygen atoms in total. The molecule has 0 bridgehead atoms. The molecular formula is C21H25N5O. The van der Waals surface area contributed by atoms with Crippen LogP contribution in [0.2, 0.25) is 0 Å². The molecule has 6 heteroatoms. The van der Waals surface area contributed by atoms with E-state index < -0.39 is 6.04 Å². The first kappa shape index (κ1) is 18.8. The topological polar surface area (TPSA) is 87.9 Å². The molecule has 1 atom stereocenters. The van der Waals surface area contributed by atoms with Gasteiger partial charge in [0.2, 0.25) is 5.91 Å². The highest BCUT2D eigenvalue weighted by atomic mass is 16.2. The zero-order valence-corrected chi connectivity index (χ0v) is 15.7. The van der Waals surface area contributed by atoms with Gasteiger partial charge in [-0.25, -0.2) is 0 Å². The average Bonchev–Trinajstić information content (AvgIpc) is 3.04. The molecule has 0 fully saturated rings. The number of benzene rings is 1. The first-order valence-corrected chi connectivity index (χ1v) is 9.06. The van der Waals surface area contributed by atoms with Gasteiger partial charge in [-0.3, -0.25) is 14.9 Å². The lowest BCUT2D eigenvalue weighted by Crippen LogP contribution is -2.40. The lowest BCUT2D eigenvalue weighted by Gasteiger charge is -2.26. The van der Waals surface area contributed by atoms with E-state index in [1.54, 1.807) is 11.1 Å². The van der Waals surface area contributed by atoms with Crippen LogP contribution in [0.1, 0.15) is 34.3 Å². The summed E-state index contributed by atoms with van der Waals surface area (Å²) in [5.41, 5.74) is 10.7. The minimum absolute atomic E-state index is 0.121. The Hall–Kier alpha value is -2.99. The smallest absolute Gasteiger partial charge is 0.244 e. The number of nitrogens with zero attached hydrogens (tertiary/aromatic N) is 3. The zero-order chi connectivity index (χ0) is 19.2. The van der Waals surface area contributed by atoms with Gasteiger partial charge >= 0.3 is 0 Å². The second-order valence-electron chi connectivity index (χ2n) is 6.64. The lowest BCUT2D eigenvalue weighted by atomic mass is 10.0. The number of rotatable bonds is 7. The molecule has 2 heterocycles. The van der Waals surface area contributed by atoms with E-state index in [1.165, 1.54) is 5.56 Å². The van der Waals surface area contributed by atoms with Crippen molar-refractivity contribution in [3.8, 4) is 0 Å². The standard InChI is InChI=1S/C21H25N5O/c1-15-19(16(2)25-24-15)20(22)21(27)26(14-18-10-6-7-12-23-18)13-11-17-8-4-3-5-9-17/h3-10,12,20H,11,13-14,22H2,1-2H3,(H,24,25). The summed E-state index contributed by atoms with van der Waals surface area (Å²) in [4.78, 5) is 19.3. The molecule has 0 aliphatic carbocycles. The maximum absolute atomic E-state index is 13.2. The lowest BCUT2D eigenvalue weighted by molar-refractivity contribution is -0.133.